The lowest BCUT2D eigenvalue weighted by molar-refractivity contribution is -0.139. The van der Waals surface area contributed by atoms with Gasteiger partial charge in [0.2, 0.25) is 0 Å². The summed E-state index contributed by atoms with van der Waals surface area (Å²) < 4.78 is 0. The van der Waals surface area contributed by atoms with Crippen molar-refractivity contribution in [2.75, 3.05) is 26.2 Å². The van der Waals surface area contributed by atoms with Gasteiger partial charge in [0.15, 0.2) is 0 Å². The highest BCUT2D eigenvalue weighted by molar-refractivity contribution is 5.73. The molecule has 0 aliphatic rings. The molecule has 0 rings (SSSR count). The van der Waals surface area contributed by atoms with E-state index < -0.39 is 5.97 Å². The van der Waals surface area contributed by atoms with Crippen molar-refractivity contribution in [2.45, 2.75) is 46.1 Å². The van der Waals surface area contributed by atoms with E-state index in [1.165, 1.54) is 0 Å². The van der Waals surface area contributed by atoms with E-state index in [0.717, 1.165) is 38.9 Å². The topological polar surface area (TPSA) is 52.6 Å². The molecular weight excluding hydrogens is 204 g/mol. The maximum absolute atomic E-state index is 10.9. The third-order valence-electron chi connectivity index (χ3n) is 2.86. The lowest BCUT2D eigenvalue weighted by Gasteiger charge is -2.18. The molecule has 0 fully saturated rings. The summed E-state index contributed by atoms with van der Waals surface area (Å²) in [5.41, 5.74) is 0. The molecule has 0 aliphatic carbocycles. The second-order valence-electron chi connectivity index (χ2n) is 3.97. The lowest BCUT2D eigenvalue weighted by Crippen LogP contribution is -2.36. The molecule has 0 bridgehead atoms. The Hall–Kier alpha value is -0.610. The van der Waals surface area contributed by atoms with E-state index >= 15 is 0 Å². The average molecular weight is 230 g/mol. The Morgan fingerprint density at radius 1 is 1.25 bits per heavy atom. The summed E-state index contributed by atoms with van der Waals surface area (Å²) in [7, 11) is 0. The number of likely N-dealkylation sites (N-methyl/N-ethyl adjacent to an activating group) is 1. The number of carboxylic acid groups (broad SMARTS) is 1. The van der Waals surface area contributed by atoms with Crippen molar-refractivity contribution < 1.29 is 9.90 Å². The highest BCUT2D eigenvalue weighted by Gasteiger charge is 2.14. The van der Waals surface area contributed by atoms with Crippen LogP contribution in [-0.2, 0) is 4.79 Å². The van der Waals surface area contributed by atoms with Crippen LogP contribution in [0.4, 0.5) is 0 Å². The van der Waals surface area contributed by atoms with Crippen LogP contribution in [0.3, 0.4) is 0 Å². The molecule has 0 aromatic carbocycles. The molecule has 4 heteroatoms. The number of rotatable bonds is 10. The first-order chi connectivity index (χ1) is 7.65. The van der Waals surface area contributed by atoms with E-state index in [1.54, 1.807) is 0 Å². The molecule has 0 radical (unpaired) electrons. The molecule has 0 saturated heterocycles. The predicted octanol–water partition coefficient (Wildman–Crippen LogP) is 1.56. The van der Waals surface area contributed by atoms with Crippen molar-refractivity contribution >= 4 is 5.97 Å². The van der Waals surface area contributed by atoms with E-state index in [2.05, 4.69) is 24.1 Å². The second-order valence-corrected chi connectivity index (χ2v) is 3.97. The van der Waals surface area contributed by atoms with Crippen molar-refractivity contribution in [1.29, 1.82) is 0 Å². The van der Waals surface area contributed by atoms with Crippen molar-refractivity contribution in [3.8, 4) is 0 Å². The van der Waals surface area contributed by atoms with Crippen LogP contribution in [0.25, 0.3) is 0 Å². The number of nitrogens with one attached hydrogen (secondary N) is 1. The Labute approximate surface area is 99.0 Å². The summed E-state index contributed by atoms with van der Waals surface area (Å²) in [6.07, 6.45) is 2.78. The third kappa shape index (κ3) is 6.80. The highest BCUT2D eigenvalue weighted by Crippen LogP contribution is 2.03. The SMILES string of the molecule is CCN[C@@H](CCCCN(CC)CC)C(=O)O. The molecule has 2 N–H and O–H groups in total. The maximum Gasteiger partial charge on any atom is 0.320 e. The van der Waals surface area contributed by atoms with E-state index in [-0.39, 0.29) is 6.04 Å². The molecule has 0 spiro atoms. The molecule has 0 amide bonds. The minimum atomic E-state index is -0.732. The van der Waals surface area contributed by atoms with Gasteiger partial charge in [0.1, 0.15) is 6.04 Å². The van der Waals surface area contributed by atoms with Crippen molar-refractivity contribution in [2.24, 2.45) is 0 Å². The Kier molecular flexibility index (Phi) is 9.24. The Morgan fingerprint density at radius 3 is 2.31 bits per heavy atom. The van der Waals surface area contributed by atoms with Gasteiger partial charge in [0, 0.05) is 0 Å². The van der Waals surface area contributed by atoms with Gasteiger partial charge >= 0.3 is 5.97 Å². The molecule has 1 atom stereocenters. The van der Waals surface area contributed by atoms with Gasteiger partial charge in [-0.1, -0.05) is 27.2 Å². The quantitative estimate of drug-likeness (QED) is 0.559. The van der Waals surface area contributed by atoms with Gasteiger partial charge in [0.05, 0.1) is 0 Å². The molecule has 0 unspecified atom stereocenters. The molecular formula is C12H26N2O2. The van der Waals surface area contributed by atoms with Gasteiger partial charge < -0.3 is 15.3 Å². The normalized spacial score (nSPS) is 13.0. The van der Waals surface area contributed by atoms with E-state index in [1.807, 2.05) is 6.92 Å². The summed E-state index contributed by atoms with van der Waals surface area (Å²) in [4.78, 5) is 13.2. The van der Waals surface area contributed by atoms with E-state index in [0.29, 0.717) is 6.54 Å². The Morgan fingerprint density at radius 2 is 1.88 bits per heavy atom. The first-order valence-corrected chi connectivity index (χ1v) is 6.34. The second kappa shape index (κ2) is 9.60. The number of aliphatic carboxylic acids is 1. The van der Waals surface area contributed by atoms with Gasteiger partial charge in [-0.15, -0.1) is 0 Å². The zero-order valence-corrected chi connectivity index (χ0v) is 10.8. The minimum absolute atomic E-state index is 0.373. The Balaban J connectivity index is 3.65. The largest absolute Gasteiger partial charge is 0.480 e. The average Bonchev–Trinajstić information content (AvgIpc) is 2.27. The number of hydrogen-bond acceptors (Lipinski definition) is 3. The molecule has 0 aromatic heterocycles. The fourth-order valence-corrected chi connectivity index (χ4v) is 1.78. The monoisotopic (exact) mass is 230 g/mol. The summed E-state index contributed by atoms with van der Waals surface area (Å²) in [6, 6.07) is -0.373. The number of carboxylic acids is 1. The number of nitrogens with zero attached hydrogens (tertiary/aromatic N) is 1. The summed E-state index contributed by atoms with van der Waals surface area (Å²) in [5.74, 6) is -0.732. The molecule has 0 aromatic rings. The van der Waals surface area contributed by atoms with Gasteiger partial charge in [-0.25, -0.2) is 0 Å². The van der Waals surface area contributed by atoms with Crippen LogP contribution in [0.2, 0.25) is 0 Å². The van der Waals surface area contributed by atoms with Gasteiger partial charge in [0.25, 0.3) is 0 Å². The summed E-state index contributed by atoms with van der Waals surface area (Å²) in [6.45, 7) is 10.2. The van der Waals surface area contributed by atoms with Gasteiger partial charge in [-0.3, -0.25) is 4.79 Å². The van der Waals surface area contributed by atoms with Crippen LogP contribution in [0.1, 0.15) is 40.0 Å². The van der Waals surface area contributed by atoms with Crippen LogP contribution in [-0.4, -0.2) is 48.2 Å². The summed E-state index contributed by atoms with van der Waals surface area (Å²) in [5, 5.41) is 11.9. The van der Waals surface area contributed by atoms with Gasteiger partial charge in [-0.05, 0) is 39.0 Å². The standard InChI is InChI=1S/C12H26N2O2/c1-4-13-11(12(15)16)9-7-8-10-14(5-2)6-3/h11,13H,4-10H2,1-3H3,(H,15,16)/t11-/m0/s1. The molecule has 16 heavy (non-hydrogen) atoms. The van der Waals surface area contributed by atoms with E-state index in [4.69, 9.17) is 5.11 Å². The first kappa shape index (κ1) is 15.4. The van der Waals surface area contributed by atoms with Crippen molar-refractivity contribution in [3.05, 3.63) is 0 Å². The first-order valence-electron chi connectivity index (χ1n) is 6.34. The number of hydrogen-bond donors (Lipinski definition) is 2. The van der Waals surface area contributed by atoms with Crippen molar-refractivity contribution in [3.63, 3.8) is 0 Å². The fourth-order valence-electron chi connectivity index (χ4n) is 1.78. The van der Waals surface area contributed by atoms with Crippen LogP contribution < -0.4 is 5.32 Å². The zero-order valence-electron chi connectivity index (χ0n) is 10.8. The molecule has 0 saturated carbocycles. The predicted molar refractivity (Wildman–Crippen MR) is 66.7 cm³/mol. The third-order valence-corrected chi connectivity index (χ3v) is 2.86. The minimum Gasteiger partial charge on any atom is -0.480 e. The van der Waals surface area contributed by atoms with Crippen LogP contribution in [0.15, 0.2) is 0 Å². The number of carbonyl (C=O) groups is 1. The molecule has 96 valence electrons. The Bertz CT molecular complexity index is 182. The van der Waals surface area contributed by atoms with Crippen molar-refractivity contribution in [1.82, 2.24) is 10.2 Å². The highest BCUT2D eigenvalue weighted by atomic mass is 16.4. The fraction of sp³-hybridized carbons (Fsp3) is 0.917. The van der Waals surface area contributed by atoms with E-state index in [9.17, 15) is 4.79 Å². The van der Waals surface area contributed by atoms with Crippen LogP contribution >= 0.6 is 0 Å². The number of unbranched alkanes of at least 4 members (excludes halogenated alkanes) is 1. The molecule has 4 nitrogen and oxygen atoms in total. The van der Waals surface area contributed by atoms with Crippen LogP contribution in [0, 0.1) is 0 Å². The van der Waals surface area contributed by atoms with Gasteiger partial charge in [-0.2, -0.15) is 0 Å². The summed E-state index contributed by atoms with van der Waals surface area (Å²) >= 11 is 0. The zero-order chi connectivity index (χ0) is 12.4. The van der Waals surface area contributed by atoms with Crippen LogP contribution in [0.5, 0.6) is 0 Å². The smallest absolute Gasteiger partial charge is 0.320 e. The maximum atomic E-state index is 10.9. The molecule has 0 aliphatic heterocycles. The molecule has 0 heterocycles. The lowest BCUT2D eigenvalue weighted by atomic mass is 10.1.